The van der Waals surface area contributed by atoms with E-state index in [0.29, 0.717) is 10.2 Å². The van der Waals surface area contributed by atoms with Crippen LogP contribution in [0.15, 0.2) is 16.6 Å². The summed E-state index contributed by atoms with van der Waals surface area (Å²) in [6, 6.07) is 3.07. The van der Waals surface area contributed by atoms with E-state index in [2.05, 4.69) is 21.2 Å². The summed E-state index contributed by atoms with van der Waals surface area (Å²) in [7, 11) is 0. The third-order valence-electron chi connectivity index (χ3n) is 3.40. The van der Waals surface area contributed by atoms with Crippen molar-refractivity contribution in [2.24, 2.45) is 5.92 Å². The first-order valence-corrected chi connectivity index (χ1v) is 6.94. The van der Waals surface area contributed by atoms with E-state index in [4.69, 9.17) is 5.73 Å². The molecule has 0 aliphatic heterocycles. The van der Waals surface area contributed by atoms with Gasteiger partial charge in [-0.3, -0.25) is 0 Å². The monoisotopic (exact) mass is 300 g/mol. The number of hydrogen-bond donors (Lipinski definition) is 2. The average Bonchev–Trinajstić information content (AvgIpc) is 2.33. The maximum absolute atomic E-state index is 13.2. The van der Waals surface area contributed by atoms with Gasteiger partial charge in [0.05, 0.1) is 15.8 Å². The Kier molecular flexibility index (Phi) is 4.26. The Labute approximate surface area is 110 Å². The molecule has 0 aromatic heterocycles. The van der Waals surface area contributed by atoms with Crippen LogP contribution in [0.25, 0.3) is 0 Å². The molecule has 0 bridgehead atoms. The number of rotatable bonds is 3. The quantitative estimate of drug-likeness (QED) is 0.823. The molecular weight excluding hydrogens is 283 g/mol. The van der Waals surface area contributed by atoms with E-state index < -0.39 is 0 Å². The van der Waals surface area contributed by atoms with Crippen LogP contribution in [-0.4, -0.2) is 6.54 Å². The minimum atomic E-state index is -0.314. The van der Waals surface area contributed by atoms with Crippen LogP contribution in [0.4, 0.5) is 15.8 Å². The number of anilines is 2. The van der Waals surface area contributed by atoms with Crippen molar-refractivity contribution in [2.75, 3.05) is 17.6 Å². The van der Waals surface area contributed by atoms with Gasteiger partial charge in [-0.05, 0) is 40.8 Å². The van der Waals surface area contributed by atoms with E-state index in [9.17, 15) is 4.39 Å². The molecule has 4 heteroatoms. The maximum atomic E-state index is 13.2. The fraction of sp³-hybridized carbons (Fsp3) is 0.538. The van der Waals surface area contributed by atoms with Crippen molar-refractivity contribution in [3.05, 3.63) is 22.4 Å². The topological polar surface area (TPSA) is 38.0 Å². The Balaban J connectivity index is 1.96. The molecule has 0 spiro atoms. The van der Waals surface area contributed by atoms with Crippen molar-refractivity contribution >= 4 is 27.3 Å². The minimum Gasteiger partial charge on any atom is -0.397 e. The Hall–Kier alpha value is -0.770. The van der Waals surface area contributed by atoms with Gasteiger partial charge in [0.15, 0.2) is 0 Å². The van der Waals surface area contributed by atoms with Crippen LogP contribution in [-0.2, 0) is 0 Å². The molecule has 94 valence electrons. The zero-order valence-corrected chi connectivity index (χ0v) is 11.4. The second kappa shape index (κ2) is 5.71. The second-order valence-electron chi connectivity index (χ2n) is 4.74. The number of nitrogens with two attached hydrogens (primary N) is 1. The van der Waals surface area contributed by atoms with Crippen LogP contribution in [0.2, 0.25) is 0 Å². The maximum Gasteiger partial charge on any atom is 0.139 e. The molecule has 2 nitrogen and oxygen atoms in total. The lowest BCUT2D eigenvalue weighted by atomic mass is 9.89. The number of nitrogen functional groups attached to an aromatic ring is 1. The SMILES string of the molecule is Nc1cc(F)c(Br)cc1NCC1CCCCC1. The average molecular weight is 301 g/mol. The predicted octanol–water partition coefficient (Wildman–Crippen LogP) is 4.16. The smallest absolute Gasteiger partial charge is 0.139 e. The molecule has 1 fully saturated rings. The molecule has 0 atom stereocenters. The molecule has 1 aromatic carbocycles. The molecule has 17 heavy (non-hydrogen) atoms. The highest BCUT2D eigenvalue weighted by Crippen LogP contribution is 2.28. The van der Waals surface area contributed by atoms with E-state index in [1.807, 2.05) is 0 Å². The van der Waals surface area contributed by atoms with Gasteiger partial charge >= 0.3 is 0 Å². The van der Waals surface area contributed by atoms with Crippen molar-refractivity contribution < 1.29 is 4.39 Å². The summed E-state index contributed by atoms with van der Waals surface area (Å²) in [4.78, 5) is 0. The third-order valence-corrected chi connectivity index (χ3v) is 4.01. The molecule has 0 amide bonds. The second-order valence-corrected chi connectivity index (χ2v) is 5.59. The molecule has 1 aromatic rings. The molecule has 1 aliphatic rings. The molecule has 1 aliphatic carbocycles. The molecule has 0 heterocycles. The summed E-state index contributed by atoms with van der Waals surface area (Å²) < 4.78 is 13.7. The van der Waals surface area contributed by atoms with Gasteiger partial charge in [-0.15, -0.1) is 0 Å². The number of halogens is 2. The highest BCUT2D eigenvalue weighted by atomic mass is 79.9. The van der Waals surface area contributed by atoms with E-state index in [-0.39, 0.29) is 5.82 Å². The van der Waals surface area contributed by atoms with Gasteiger partial charge in [-0.1, -0.05) is 19.3 Å². The van der Waals surface area contributed by atoms with Crippen molar-refractivity contribution in [3.63, 3.8) is 0 Å². The van der Waals surface area contributed by atoms with Crippen LogP contribution in [0.3, 0.4) is 0 Å². The number of hydrogen-bond acceptors (Lipinski definition) is 2. The fourth-order valence-corrected chi connectivity index (χ4v) is 2.70. The summed E-state index contributed by atoms with van der Waals surface area (Å²) in [5.41, 5.74) is 7.08. The molecule has 0 saturated heterocycles. The first-order chi connectivity index (χ1) is 8.16. The first-order valence-electron chi connectivity index (χ1n) is 6.15. The molecule has 0 radical (unpaired) electrons. The zero-order valence-electron chi connectivity index (χ0n) is 9.81. The summed E-state index contributed by atoms with van der Waals surface area (Å²) in [6.45, 7) is 0.933. The molecule has 0 unspecified atom stereocenters. The highest BCUT2D eigenvalue weighted by molar-refractivity contribution is 9.10. The zero-order chi connectivity index (χ0) is 12.3. The van der Waals surface area contributed by atoms with Crippen LogP contribution >= 0.6 is 15.9 Å². The normalized spacial score (nSPS) is 17.1. The summed E-state index contributed by atoms with van der Waals surface area (Å²) in [5, 5.41) is 3.33. The van der Waals surface area contributed by atoms with Gasteiger partial charge in [0.25, 0.3) is 0 Å². The summed E-state index contributed by atoms with van der Waals surface area (Å²) >= 11 is 3.18. The lowest BCUT2D eigenvalue weighted by molar-refractivity contribution is 0.373. The third kappa shape index (κ3) is 3.35. The number of benzene rings is 1. The molecule has 2 rings (SSSR count). The highest BCUT2D eigenvalue weighted by Gasteiger charge is 2.14. The van der Waals surface area contributed by atoms with Gasteiger partial charge in [0, 0.05) is 12.6 Å². The van der Waals surface area contributed by atoms with Gasteiger partial charge in [-0.2, -0.15) is 0 Å². The Morgan fingerprint density at radius 1 is 1.29 bits per heavy atom. The van der Waals surface area contributed by atoms with E-state index in [0.717, 1.165) is 18.2 Å². The Morgan fingerprint density at radius 2 is 2.00 bits per heavy atom. The Morgan fingerprint density at radius 3 is 2.71 bits per heavy atom. The summed E-state index contributed by atoms with van der Waals surface area (Å²) in [5.74, 6) is 0.415. The van der Waals surface area contributed by atoms with Crippen LogP contribution < -0.4 is 11.1 Å². The standard InChI is InChI=1S/C13H18BrFN2/c14-10-6-13(12(16)7-11(10)15)17-8-9-4-2-1-3-5-9/h6-7,9,17H,1-5,8,16H2. The summed E-state index contributed by atoms with van der Waals surface area (Å²) in [6.07, 6.45) is 6.59. The van der Waals surface area contributed by atoms with Crippen LogP contribution in [0.1, 0.15) is 32.1 Å². The number of nitrogens with one attached hydrogen (secondary N) is 1. The minimum absolute atomic E-state index is 0.314. The lowest BCUT2D eigenvalue weighted by Crippen LogP contribution is -2.17. The van der Waals surface area contributed by atoms with Crippen LogP contribution in [0, 0.1) is 11.7 Å². The van der Waals surface area contributed by atoms with E-state index in [1.165, 1.54) is 38.2 Å². The Bertz CT molecular complexity index is 389. The predicted molar refractivity (Wildman–Crippen MR) is 73.6 cm³/mol. The van der Waals surface area contributed by atoms with Crippen molar-refractivity contribution in [1.29, 1.82) is 0 Å². The molecule has 3 N–H and O–H groups in total. The largest absolute Gasteiger partial charge is 0.397 e. The van der Waals surface area contributed by atoms with E-state index in [1.54, 1.807) is 6.07 Å². The lowest BCUT2D eigenvalue weighted by Gasteiger charge is -2.22. The van der Waals surface area contributed by atoms with Gasteiger partial charge < -0.3 is 11.1 Å². The fourth-order valence-electron chi connectivity index (χ4n) is 2.36. The van der Waals surface area contributed by atoms with Crippen LogP contribution in [0.5, 0.6) is 0 Å². The molecular formula is C13H18BrFN2. The van der Waals surface area contributed by atoms with Crippen molar-refractivity contribution in [2.45, 2.75) is 32.1 Å². The van der Waals surface area contributed by atoms with Gasteiger partial charge in [0.2, 0.25) is 0 Å². The van der Waals surface area contributed by atoms with Gasteiger partial charge in [-0.25, -0.2) is 4.39 Å². The first kappa shape index (κ1) is 12.7. The van der Waals surface area contributed by atoms with E-state index >= 15 is 0 Å². The van der Waals surface area contributed by atoms with Crippen molar-refractivity contribution in [1.82, 2.24) is 0 Å². The van der Waals surface area contributed by atoms with Gasteiger partial charge in [0.1, 0.15) is 5.82 Å². The molecule has 1 saturated carbocycles. The van der Waals surface area contributed by atoms with Crippen molar-refractivity contribution in [3.8, 4) is 0 Å².